The number of nitrogens with one attached hydrogen (secondary N) is 3. The smallest absolute Gasteiger partial charge is 0.262 e. The predicted octanol–water partition coefficient (Wildman–Crippen LogP) is 3.77. The van der Waals surface area contributed by atoms with Gasteiger partial charge in [0.1, 0.15) is 16.5 Å². The molecule has 3 aromatic heterocycles. The van der Waals surface area contributed by atoms with Crippen LogP contribution in [0.15, 0.2) is 54.7 Å². The minimum Gasteiger partial charge on any atom is -0.378 e. The van der Waals surface area contributed by atoms with Crippen LogP contribution < -0.4 is 15.5 Å². The molecule has 0 spiro atoms. The number of ether oxygens (including phenoxy) is 1. The summed E-state index contributed by atoms with van der Waals surface area (Å²) in [5, 5.41) is 13.7. The molecule has 9 nitrogen and oxygen atoms in total. The summed E-state index contributed by atoms with van der Waals surface area (Å²) in [5.41, 5.74) is 0.905. The summed E-state index contributed by atoms with van der Waals surface area (Å²) in [6, 6.07) is 15.1. The van der Waals surface area contributed by atoms with Gasteiger partial charge in [0, 0.05) is 19.3 Å². The Morgan fingerprint density at radius 2 is 1.86 bits per heavy atom. The number of hydrogen-bond donors (Lipinski definition) is 3. The first kappa shape index (κ1) is 23.0. The highest BCUT2D eigenvalue weighted by Crippen LogP contribution is 2.30. The lowest BCUT2D eigenvalue weighted by Crippen LogP contribution is -2.40. The third-order valence-corrected chi connectivity index (χ3v) is 7.01. The van der Waals surface area contributed by atoms with E-state index in [4.69, 9.17) is 4.74 Å². The molecule has 1 fully saturated rings. The van der Waals surface area contributed by atoms with E-state index in [0.29, 0.717) is 39.7 Å². The first-order valence-corrected chi connectivity index (χ1v) is 12.2. The molecule has 10 heteroatoms. The van der Waals surface area contributed by atoms with Gasteiger partial charge in [0.25, 0.3) is 11.8 Å². The van der Waals surface area contributed by atoms with Gasteiger partial charge in [-0.1, -0.05) is 30.3 Å². The highest BCUT2D eigenvalue weighted by Gasteiger charge is 2.25. The fourth-order valence-electron chi connectivity index (χ4n) is 3.98. The molecule has 1 aliphatic rings. The third-order valence-electron chi connectivity index (χ3n) is 5.98. The zero-order valence-electron chi connectivity index (χ0n) is 19.5. The van der Waals surface area contributed by atoms with E-state index < -0.39 is 5.54 Å². The van der Waals surface area contributed by atoms with Crippen molar-refractivity contribution in [3.8, 4) is 0 Å². The van der Waals surface area contributed by atoms with E-state index in [1.807, 2.05) is 50.2 Å². The van der Waals surface area contributed by atoms with Crippen LogP contribution in [0.1, 0.15) is 39.4 Å². The molecule has 1 saturated heterocycles. The van der Waals surface area contributed by atoms with Gasteiger partial charge in [-0.2, -0.15) is 5.10 Å². The minimum absolute atomic E-state index is 0.193. The van der Waals surface area contributed by atoms with Gasteiger partial charge >= 0.3 is 0 Å². The van der Waals surface area contributed by atoms with Gasteiger partial charge in [-0.3, -0.25) is 14.7 Å². The van der Waals surface area contributed by atoms with E-state index in [1.165, 1.54) is 11.3 Å². The summed E-state index contributed by atoms with van der Waals surface area (Å²) < 4.78 is 5.37. The largest absolute Gasteiger partial charge is 0.378 e. The second-order valence-electron chi connectivity index (χ2n) is 8.83. The summed E-state index contributed by atoms with van der Waals surface area (Å²) in [6.45, 7) is 6.82. The Kier molecular flexibility index (Phi) is 6.23. The predicted molar refractivity (Wildman–Crippen MR) is 136 cm³/mol. The number of amides is 2. The number of carbonyl (C=O) groups is 2. The average molecular weight is 491 g/mol. The van der Waals surface area contributed by atoms with Gasteiger partial charge in [0.15, 0.2) is 0 Å². The molecule has 1 aromatic carbocycles. The van der Waals surface area contributed by atoms with Gasteiger partial charge in [0.05, 0.1) is 34.6 Å². The van der Waals surface area contributed by atoms with E-state index in [0.717, 1.165) is 24.5 Å². The van der Waals surface area contributed by atoms with Crippen molar-refractivity contribution in [2.45, 2.75) is 19.4 Å². The first-order valence-electron chi connectivity index (χ1n) is 11.4. The first-order chi connectivity index (χ1) is 16.9. The summed E-state index contributed by atoms with van der Waals surface area (Å²) in [5.74, 6) is 0.765. The Hall–Kier alpha value is -3.76. The van der Waals surface area contributed by atoms with Crippen molar-refractivity contribution in [3.05, 3.63) is 70.7 Å². The fourth-order valence-corrected chi connectivity index (χ4v) is 4.87. The maximum atomic E-state index is 13.0. The van der Waals surface area contributed by atoms with Crippen LogP contribution in [-0.4, -0.2) is 53.3 Å². The molecule has 2 amide bonds. The molecule has 0 radical (unpaired) electrons. The van der Waals surface area contributed by atoms with E-state index >= 15 is 0 Å². The molecule has 4 aromatic rings. The van der Waals surface area contributed by atoms with Crippen LogP contribution in [0.3, 0.4) is 0 Å². The van der Waals surface area contributed by atoms with E-state index in [2.05, 4.69) is 30.7 Å². The Labute approximate surface area is 206 Å². The normalized spacial score (nSPS) is 14.2. The van der Waals surface area contributed by atoms with E-state index in [9.17, 15) is 9.59 Å². The zero-order valence-corrected chi connectivity index (χ0v) is 20.3. The lowest BCUT2D eigenvalue weighted by molar-refractivity contribution is 0.0915. The number of morpholine rings is 1. The molecule has 35 heavy (non-hydrogen) atoms. The molecule has 180 valence electrons. The van der Waals surface area contributed by atoms with Crippen molar-refractivity contribution >= 4 is 45.0 Å². The number of pyridine rings is 1. The van der Waals surface area contributed by atoms with Gasteiger partial charge < -0.3 is 20.3 Å². The Morgan fingerprint density at radius 1 is 1.09 bits per heavy atom. The number of H-pyrrole nitrogens is 1. The topological polar surface area (TPSA) is 112 Å². The number of aromatic nitrogens is 3. The van der Waals surface area contributed by atoms with Crippen LogP contribution in [0.2, 0.25) is 0 Å². The van der Waals surface area contributed by atoms with Gasteiger partial charge in [-0.05, 0) is 37.6 Å². The van der Waals surface area contributed by atoms with E-state index in [1.54, 1.807) is 18.3 Å². The third kappa shape index (κ3) is 4.89. The van der Waals surface area contributed by atoms with Gasteiger partial charge in [0.2, 0.25) is 0 Å². The number of thiophene rings is 1. The monoisotopic (exact) mass is 490 g/mol. The molecule has 0 saturated carbocycles. The number of rotatable bonds is 6. The Morgan fingerprint density at radius 3 is 2.57 bits per heavy atom. The van der Waals surface area contributed by atoms with Crippen LogP contribution in [0.5, 0.6) is 0 Å². The number of carbonyl (C=O) groups excluding carboxylic acids is 2. The summed E-state index contributed by atoms with van der Waals surface area (Å²) in [7, 11) is 0. The molecule has 4 heterocycles. The van der Waals surface area contributed by atoms with Gasteiger partial charge in [-0.15, -0.1) is 11.3 Å². The van der Waals surface area contributed by atoms with Crippen LogP contribution in [-0.2, 0) is 10.3 Å². The quantitative estimate of drug-likeness (QED) is 0.379. The van der Waals surface area contributed by atoms with E-state index in [-0.39, 0.29) is 11.8 Å². The summed E-state index contributed by atoms with van der Waals surface area (Å²) in [4.78, 5) is 33.5. The SMILES string of the molecule is CC(C)(NC(=O)c1cc2c(NC(=O)c3ccc(N4CCOCC4)nc3)[nH]nc2s1)c1ccccc1. The Bertz CT molecular complexity index is 1340. The van der Waals surface area contributed by atoms with Crippen molar-refractivity contribution in [1.29, 1.82) is 0 Å². The van der Waals surface area contributed by atoms with Crippen molar-refractivity contribution in [1.82, 2.24) is 20.5 Å². The maximum absolute atomic E-state index is 13.0. The van der Waals surface area contributed by atoms with Crippen LogP contribution in [0, 0.1) is 0 Å². The summed E-state index contributed by atoms with van der Waals surface area (Å²) in [6.07, 6.45) is 1.56. The second kappa shape index (κ2) is 9.47. The average Bonchev–Trinajstić information content (AvgIpc) is 3.47. The van der Waals surface area contributed by atoms with Crippen LogP contribution >= 0.6 is 11.3 Å². The molecule has 1 aliphatic heterocycles. The summed E-state index contributed by atoms with van der Waals surface area (Å²) >= 11 is 1.27. The fraction of sp³-hybridized carbons (Fsp3) is 0.280. The molecule has 3 N–H and O–H groups in total. The highest BCUT2D eigenvalue weighted by atomic mass is 32.1. The molecule has 5 rings (SSSR count). The standard InChI is InChI=1S/C25H26N6O3S/c1-25(2,17-6-4-3-5-7-17)28-23(33)19-14-18-21(29-30-24(18)35-19)27-22(32)16-8-9-20(26-15-16)31-10-12-34-13-11-31/h3-9,14-15H,10-13H2,1-2H3,(H,28,33)(H2,27,29,30,32). The number of aromatic amines is 1. The van der Waals surface area contributed by atoms with Crippen LogP contribution in [0.4, 0.5) is 11.6 Å². The lowest BCUT2D eigenvalue weighted by atomic mass is 9.94. The van der Waals surface area contributed by atoms with Gasteiger partial charge in [-0.25, -0.2) is 4.98 Å². The van der Waals surface area contributed by atoms with Crippen molar-refractivity contribution in [2.75, 3.05) is 36.5 Å². The minimum atomic E-state index is -0.538. The highest BCUT2D eigenvalue weighted by molar-refractivity contribution is 7.20. The number of nitrogens with zero attached hydrogens (tertiary/aromatic N) is 3. The Balaban J connectivity index is 1.28. The maximum Gasteiger partial charge on any atom is 0.262 e. The molecule has 0 bridgehead atoms. The molecular formula is C25H26N6O3S. The number of hydrogen-bond acceptors (Lipinski definition) is 7. The number of fused-ring (bicyclic) bond motifs is 1. The molecule has 0 aliphatic carbocycles. The number of anilines is 2. The second-order valence-corrected chi connectivity index (χ2v) is 9.86. The zero-order chi connectivity index (χ0) is 24.4. The van der Waals surface area contributed by atoms with Crippen molar-refractivity contribution in [3.63, 3.8) is 0 Å². The number of benzene rings is 1. The lowest BCUT2D eigenvalue weighted by Gasteiger charge is -2.27. The van der Waals surface area contributed by atoms with Crippen molar-refractivity contribution < 1.29 is 14.3 Å². The molecular weight excluding hydrogens is 464 g/mol. The van der Waals surface area contributed by atoms with Crippen molar-refractivity contribution in [2.24, 2.45) is 0 Å². The molecule has 0 unspecified atom stereocenters. The van der Waals surface area contributed by atoms with Crippen LogP contribution in [0.25, 0.3) is 10.2 Å². The molecule has 0 atom stereocenters.